The van der Waals surface area contributed by atoms with Gasteiger partial charge in [0.05, 0.1) is 0 Å². The van der Waals surface area contributed by atoms with Gasteiger partial charge in [-0.3, -0.25) is 4.90 Å². The summed E-state index contributed by atoms with van der Waals surface area (Å²) in [6.45, 7) is 13.9. The second-order valence-corrected chi connectivity index (χ2v) is 5.89. The zero-order valence-electron chi connectivity index (χ0n) is 11.8. The number of nitrogens with zero attached hydrogens (tertiary/aromatic N) is 1. The smallest absolute Gasteiger partial charge is 0.0195 e. The first-order valence-electron chi connectivity index (χ1n) is 7.03. The van der Waals surface area contributed by atoms with Gasteiger partial charge < -0.3 is 5.32 Å². The van der Waals surface area contributed by atoms with Gasteiger partial charge >= 0.3 is 0 Å². The van der Waals surface area contributed by atoms with E-state index in [-0.39, 0.29) is 0 Å². The molecule has 0 radical (unpaired) electrons. The summed E-state index contributed by atoms with van der Waals surface area (Å²) in [5.41, 5.74) is 0. The largest absolute Gasteiger partial charge is 0.313 e. The van der Waals surface area contributed by atoms with Crippen molar-refractivity contribution in [1.82, 2.24) is 10.2 Å². The van der Waals surface area contributed by atoms with E-state index >= 15 is 0 Å². The van der Waals surface area contributed by atoms with Crippen molar-refractivity contribution in [1.29, 1.82) is 0 Å². The Morgan fingerprint density at radius 2 is 1.81 bits per heavy atom. The molecule has 2 heteroatoms. The quantitative estimate of drug-likeness (QED) is 0.684. The number of rotatable bonds is 8. The van der Waals surface area contributed by atoms with E-state index < -0.39 is 0 Å². The van der Waals surface area contributed by atoms with Crippen LogP contribution >= 0.6 is 0 Å². The Balaban J connectivity index is 2.32. The average molecular weight is 226 g/mol. The lowest BCUT2D eigenvalue weighted by Crippen LogP contribution is -2.45. The van der Waals surface area contributed by atoms with E-state index in [0.717, 1.165) is 18.5 Å². The first-order chi connectivity index (χ1) is 7.54. The summed E-state index contributed by atoms with van der Waals surface area (Å²) < 4.78 is 0. The fourth-order valence-corrected chi connectivity index (χ4v) is 2.15. The lowest BCUT2D eigenvalue weighted by atomic mass is 10.1. The van der Waals surface area contributed by atoms with Gasteiger partial charge in [0.1, 0.15) is 0 Å². The summed E-state index contributed by atoms with van der Waals surface area (Å²) in [6.07, 6.45) is 4.06. The monoisotopic (exact) mass is 226 g/mol. The van der Waals surface area contributed by atoms with E-state index in [1.54, 1.807) is 0 Å². The third-order valence-electron chi connectivity index (χ3n) is 3.53. The molecule has 2 unspecified atom stereocenters. The summed E-state index contributed by atoms with van der Waals surface area (Å²) >= 11 is 0. The highest BCUT2D eigenvalue weighted by Crippen LogP contribution is 2.29. The van der Waals surface area contributed by atoms with Crippen LogP contribution in [-0.2, 0) is 0 Å². The molecule has 16 heavy (non-hydrogen) atoms. The number of hydrogen-bond acceptors (Lipinski definition) is 2. The molecule has 0 aliphatic heterocycles. The van der Waals surface area contributed by atoms with Gasteiger partial charge in [-0.2, -0.15) is 0 Å². The summed E-state index contributed by atoms with van der Waals surface area (Å²) in [6, 6.07) is 2.22. The van der Waals surface area contributed by atoms with Gasteiger partial charge in [0.2, 0.25) is 0 Å². The topological polar surface area (TPSA) is 15.3 Å². The van der Waals surface area contributed by atoms with Crippen LogP contribution in [-0.4, -0.2) is 36.1 Å². The molecule has 2 nitrogen and oxygen atoms in total. The number of nitrogens with one attached hydrogen (secondary N) is 1. The van der Waals surface area contributed by atoms with E-state index in [1.807, 2.05) is 0 Å². The van der Waals surface area contributed by atoms with Crippen LogP contribution in [0.4, 0.5) is 0 Å². The first-order valence-corrected chi connectivity index (χ1v) is 7.03. The van der Waals surface area contributed by atoms with Gasteiger partial charge in [-0.15, -0.1) is 0 Å². The van der Waals surface area contributed by atoms with Crippen LogP contribution in [0.5, 0.6) is 0 Å². The summed E-state index contributed by atoms with van der Waals surface area (Å²) in [5, 5.41) is 3.63. The van der Waals surface area contributed by atoms with Crippen molar-refractivity contribution in [2.75, 3.05) is 13.1 Å². The third-order valence-corrected chi connectivity index (χ3v) is 3.53. The molecule has 1 aliphatic rings. The molecule has 1 N–H and O–H groups in total. The molecule has 2 atom stereocenters. The highest BCUT2D eigenvalue weighted by Gasteiger charge is 2.32. The lowest BCUT2D eigenvalue weighted by Gasteiger charge is -2.31. The minimum absolute atomic E-state index is 0.655. The summed E-state index contributed by atoms with van der Waals surface area (Å²) in [7, 11) is 0. The SMILES string of the molecule is CCC(C)NCC(C)N(CC(C)C)C1CC1. The van der Waals surface area contributed by atoms with Gasteiger partial charge in [0, 0.05) is 31.2 Å². The molecule has 0 spiro atoms. The van der Waals surface area contributed by atoms with Crippen molar-refractivity contribution in [3.05, 3.63) is 0 Å². The van der Waals surface area contributed by atoms with Crippen LogP contribution in [0.3, 0.4) is 0 Å². The molecule has 0 heterocycles. The zero-order chi connectivity index (χ0) is 12.1. The van der Waals surface area contributed by atoms with E-state index in [4.69, 9.17) is 0 Å². The van der Waals surface area contributed by atoms with Gasteiger partial charge in [-0.05, 0) is 39.0 Å². The standard InChI is InChI=1S/C14H30N2/c1-6-12(4)15-9-13(5)16(10-11(2)3)14-7-8-14/h11-15H,6-10H2,1-5H3. The minimum atomic E-state index is 0.655. The lowest BCUT2D eigenvalue weighted by molar-refractivity contribution is 0.170. The van der Waals surface area contributed by atoms with Crippen LogP contribution in [0.25, 0.3) is 0 Å². The highest BCUT2D eigenvalue weighted by atomic mass is 15.2. The molecule has 1 rings (SSSR count). The highest BCUT2D eigenvalue weighted by molar-refractivity contribution is 4.88. The minimum Gasteiger partial charge on any atom is -0.313 e. The maximum atomic E-state index is 3.63. The molecule has 0 aromatic rings. The molecule has 0 bridgehead atoms. The van der Waals surface area contributed by atoms with Crippen molar-refractivity contribution in [3.8, 4) is 0 Å². The molecule has 1 saturated carbocycles. The predicted molar refractivity (Wildman–Crippen MR) is 71.8 cm³/mol. The molecule has 96 valence electrons. The van der Waals surface area contributed by atoms with Crippen LogP contribution in [0, 0.1) is 5.92 Å². The Hall–Kier alpha value is -0.0800. The molecule has 0 amide bonds. The van der Waals surface area contributed by atoms with Gasteiger partial charge in [0.15, 0.2) is 0 Å². The Morgan fingerprint density at radius 3 is 2.25 bits per heavy atom. The fraction of sp³-hybridized carbons (Fsp3) is 1.00. The van der Waals surface area contributed by atoms with Gasteiger partial charge in [0.25, 0.3) is 0 Å². The molecular formula is C14H30N2. The Labute approximate surface area is 102 Å². The molecule has 0 saturated heterocycles. The Bertz CT molecular complexity index is 187. The first kappa shape index (κ1) is 14.0. The van der Waals surface area contributed by atoms with Crippen molar-refractivity contribution < 1.29 is 0 Å². The van der Waals surface area contributed by atoms with Crippen LogP contribution in [0.15, 0.2) is 0 Å². The molecule has 1 fully saturated rings. The van der Waals surface area contributed by atoms with Crippen molar-refractivity contribution in [2.45, 2.75) is 72.0 Å². The van der Waals surface area contributed by atoms with Crippen molar-refractivity contribution in [3.63, 3.8) is 0 Å². The maximum Gasteiger partial charge on any atom is 0.0195 e. The third kappa shape index (κ3) is 4.84. The molecule has 0 aromatic heterocycles. The fourth-order valence-electron chi connectivity index (χ4n) is 2.15. The van der Waals surface area contributed by atoms with Crippen LogP contribution in [0.1, 0.15) is 53.9 Å². The van der Waals surface area contributed by atoms with Crippen molar-refractivity contribution in [2.24, 2.45) is 5.92 Å². The van der Waals surface area contributed by atoms with E-state index in [1.165, 1.54) is 25.8 Å². The normalized spacial score (nSPS) is 20.4. The van der Waals surface area contributed by atoms with E-state index in [0.29, 0.717) is 12.1 Å². The van der Waals surface area contributed by atoms with E-state index in [9.17, 15) is 0 Å². The maximum absolute atomic E-state index is 3.63. The average Bonchev–Trinajstić information content (AvgIpc) is 3.05. The number of hydrogen-bond donors (Lipinski definition) is 1. The summed E-state index contributed by atoms with van der Waals surface area (Å²) in [4.78, 5) is 2.71. The Kier molecular flexibility index (Phi) is 5.77. The second-order valence-electron chi connectivity index (χ2n) is 5.89. The summed E-state index contributed by atoms with van der Waals surface area (Å²) in [5.74, 6) is 0.784. The van der Waals surface area contributed by atoms with Crippen molar-refractivity contribution >= 4 is 0 Å². The van der Waals surface area contributed by atoms with E-state index in [2.05, 4.69) is 44.8 Å². The second kappa shape index (κ2) is 6.61. The van der Waals surface area contributed by atoms with Crippen LogP contribution < -0.4 is 5.32 Å². The predicted octanol–water partition coefficient (Wildman–Crippen LogP) is 2.88. The zero-order valence-corrected chi connectivity index (χ0v) is 11.8. The Morgan fingerprint density at radius 1 is 1.19 bits per heavy atom. The van der Waals surface area contributed by atoms with Gasteiger partial charge in [-0.1, -0.05) is 20.8 Å². The molecular weight excluding hydrogens is 196 g/mol. The van der Waals surface area contributed by atoms with Gasteiger partial charge in [-0.25, -0.2) is 0 Å². The van der Waals surface area contributed by atoms with Crippen LogP contribution in [0.2, 0.25) is 0 Å². The molecule has 0 aromatic carbocycles. The molecule has 1 aliphatic carbocycles.